The lowest BCUT2D eigenvalue weighted by Crippen LogP contribution is -2.50. The van der Waals surface area contributed by atoms with Crippen molar-refractivity contribution in [2.24, 2.45) is 0 Å². The van der Waals surface area contributed by atoms with E-state index in [1.807, 2.05) is 21.1 Å². The molecule has 0 bridgehead atoms. The van der Waals surface area contributed by atoms with Crippen molar-refractivity contribution < 1.29 is 38.2 Å². The van der Waals surface area contributed by atoms with Gasteiger partial charge in [-0.05, 0) is 32.1 Å². The van der Waals surface area contributed by atoms with E-state index in [4.69, 9.17) is 14.2 Å². The van der Waals surface area contributed by atoms with Crippen molar-refractivity contribution in [3.05, 3.63) is 12.2 Å². The number of carboxylic acids is 1. The number of esters is 2. The zero-order chi connectivity index (χ0) is 40.7. The van der Waals surface area contributed by atoms with Gasteiger partial charge < -0.3 is 23.8 Å². The van der Waals surface area contributed by atoms with Crippen molar-refractivity contribution in [2.45, 2.75) is 231 Å². The number of carboxylic acid groups (broad SMARTS) is 1. The van der Waals surface area contributed by atoms with Crippen molar-refractivity contribution in [2.75, 3.05) is 41.0 Å². The van der Waals surface area contributed by atoms with Crippen molar-refractivity contribution in [3.8, 4) is 0 Å². The van der Waals surface area contributed by atoms with Crippen molar-refractivity contribution >= 4 is 17.9 Å². The average Bonchev–Trinajstić information content (AvgIpc) is 3.14. The summed E-state index contributed by atoms with van der Waals surface area (Å²) in [7, 11) is 5.53. The van der Waals surface area contributed by atoms with Crippen LogP contribution in [0.1, 0.15) is 219 Å². The first kappa shape index (κ1) is 53.1. The molecule has 0 fully saturated rings. The Labute approximate surface area is 339 Å². The van der Waals surface area contributed by atoms with E-state index < -0.39 is 18.1 Å². The Hall–Kier alpha value is -1.93. The molecule has 0 aromatic rings. The Kier molecular flexibility index (Phi) is 37.6. The average molecular weight is 781 g/mol. The number of hydrogen-bond acceptors (Lipinski definition) is 6. The molecule has 0 aromatic heterocycles. The highest BCUT2D eigenvalue weighted by Gasteiger charge is 2.31. The lowest BCUT2D eigenvalue weighted by molar-refractivity contribution is -0.887. The Morgan fingerprint density at radius 1 is 0.527 bits per heavy atom. The van der Waals surface area contributed by atoms with Gasteiger partial charge in [-0.3, -0.25) is 9.59 Å². The zero-order valence-electron chi connectivity index (χ0n) is 36.9. The SMILES string of the molecule is CCC/C=C\CCCCCCCC(=O)OC(COCCC(C(=O)O)[N+](C)(C)C)COC(=O)CCCCCCCCCCCCCCCCCCCCCCC. The quantitative estimate of drug-likeness (QED) is 0.0285. The molecule has 0 rings (SSSR count). The van der Waals surface area contributed by atoms with Gasteiger partial charge in [0.2, 0.25) is 0 Å². The fourth-order valence-corrected chi connectivity index (χ4v) is 7.04. The second-order valence-electron chi connectivity index (χ2n) is 17.0. The molecule has 0 aliphatic rings. The summed E-state index contributed by atoms with van der Waals surface area (Å²) in [4.78, 5) is 36.9. The van der Waals surface area contributed by atoms with Crippen molar-refractivity contribution in [1.82, 2.24) is 0 Å². The number of allylic oxidation sites excluding steroid dienone is 2. The zero-order valence-corrected chi connectivity index (χ0v) is 36.9. The summed E-state index contributed by atoms with van der Waals surface area (Å²) in [6.07, 6.45) is 41.2. The summed E-state index contributed by atoms with van der Waals surface area (Å²) in [5.74, 6) is -1.47. The van der Waals surface area contributed by atoms with E-state index in [2.05, 4.69) is 26.0 Å². The first-order valence-corrected chi connectivity index (χ1v) is 23.2. The Balaban J connectivity index is 4.15. The minimum Gasteiger partial charge on any atom is -0.477 e. The smallest absolute Gasteiger partial charge is 0.362 e. The van der Waals surface area contributed by atoms with Crippen molar-refractivity contribution in [3.63, 3.8) is 0 Å². The first-order chi connectivity index (χ1) is 26.6. The number of aliphatic carboxylic acids is 1. The Morgan fingerprint density at radius 2 is 0.945 bits per heavy atom. The third kappa shape index (κ3) is 37.4. The molecular formula is C47H90NO7+. The van der Waals surface area contributed by atoms with Gasteiger partial charge >= 0.3 is 17.9 Å². The van der Waals surface area contributed by atoms with E-state index in [1.165, 1.54) is 128 Å². The number of unbranched alkanes of at least 4 members (excludes halogenated alkanes) is 26. The van der Waals surface area contributed by atoms with Crippen LogP contribution < -0.4 is 0 Å². The van der Waals surface area contributed by atoms with Gasteiger partial charge in [-0.1, -0.05) is 180 Å². The highest BCUT2D eigenvalue weighted by Crippen LogP contribution is 2.16. The summed E-state index contributed by atoms with van der Waals surface area (Å²) in [5.41, 5.74) is 0. The summed E-state index contributed by atoms with van der Waals surface area (Å²) >= 11 is 0. The normalized spacial score (nSPS) is 13.0. The summed E-state index contributed by atoms with van der Waals surface area (Å²) in [5, 5.41) is 9.61. The molecule has 324 valence electrons. The van der Waals surface area contributed by atoms with Crippen LogP contribution in [-0.4, -0.2) is 80.6 Å². The number of rotatable bonds is 42. The van der Waals surface area contributed by atoms with Crippen LogP contribution >= 0.6 is 0 Å². The number of likely N-dealkylation sites (N-methyl/N-ethyl adjacent to an activating group) is 1. The molecule has 0 saturated heterocycles. The molecule has 0 heterocycles. The van der Waals surface area contributed by atoms with Gasteiger partial charge in [0, 0.05) is 19.3 Å². The minimum atomic E-state index is -0.874. The highest BCUT2D eigenvalue weighted by atomic mass is 16.6. The van der Waals surface area contributed by atoms with E-state index in [1.54, 1.807) is 0 Å². The first-order valence-electron chi connectivity index (χ1n) is 23.2. The Bertz CT molecular complexity index is 915. The summed E-state index contributed by atoms with van der Waals surface area (Å²) < 4.78 is 17.3. The van der Waals surface area contributed by atoms with Gasteiger partial charge in [0.15, 0.2) is 12.1 Å². The fraction of sp³-hybridized carbons (Fsp3) is 0.894. The number of nitrogens with zero attached hydrogens (tertiary/aromatic N) is 1. The number of carbonyl (C=O) groups excluding carboxylic acids is 2. The minimum absolute atomic E-state index is 0.0485. The number of hydrogen-bond donors (Lipinski definition) is 1. The Morgan fingerprint density at radius 3 is 1.38 bits per heavy atom. The monoisotopic (exact) mass is 781 g/mol. The van der Waals surface area contributed by atoms with Crippen LogP contribution in [-0.2, 0) is 28.6 Å². The van der Waals surface area contributed by atoms with Gasteiger partial charge in [-0.15, -0.1) is 0 Å². The van der Waals surface area contributed by atoms with Gasteiger partial charge in [0.05, 0.1) is 34.4 Å². The van der Waals surface area contributed by atoms with E-state index in [0.29, 0.717) is 19.3 Å². The molecule has 0 aromatic carbocycles. The van der Waals surface area contributed by atoms with E-state index in [9.17, 15) is 19.5 Å². The van der Waals surface area contributed by atoms with Crippen LogP contribution in [0.5, 0.6) is 0 Å². The molecule has 1 N–H and O–H groups in total. The van der Waals surface area contributed by atoms with E-state index >= 15 is 0 Å². The maximum absolute atomic E-state index is 12.7. The molecule has 8 heteroatoms. The van der Waals surface area contributed by atoms with Crippen LogP contribution in [0.2, 0.25) is 0 Å². The van der Waals surface area contributed by atoms with Crippen LogP contribution in [0.25, 0.3) is 0 Å². The second kappa shape index (κ2) is 38.9. The number of ether oxygens (including phenoxy) is 3. The predicted molar refractivity (Wildman–Crippen MR) is 229 cm³/mol. The molecule has 0 amide bonds. The third-order valence-corrected chi connectivity index (χ3v) is 10.6. The predicted octanol–water partition coefficient (Wildman–Crippen LogP) is 12.7. The molecule has 2 atom stereocenters. The summed E-state index contributed by atoms with van der Waals surface area (Å²) in [6.45, 7) is 4.69. The van der Waals surface area contributed by atoms with Crippen LogP contribution in [0.4, 0.5) is 0 Å². The summed E-state index contributed by atoms with van der Waals surface area (Å²) in [6, 6.07) is -0.611. The largest absolute Gasteiger partial charge is 0.477 e. The van der Waals surface area contributed by atoms with Gasteiger partial charge in [-0.2, -0.15) is 0 Å². The van der Waals surface area contributed by atoms with Gasteiger partial charge in [-0.25, -0.2) is 4.79 Å². The molecule has 8 nitrogen and oxygen atoms in total. The molecule has 0 saturated carbocycles. The second-order valence-corrected chi connectivity index (χ2v) is 17.0. The van der Waals surface area contributed by atoms with E-state index in [-0.39, 0.29) is 36.2 Å². The highest BCUT2D eigenvalue weighted by molar-refractivity contribution is 5.72. The standard InChI is InChI=1S/C47H89NO7/c1-6-8-10-12-14-16-18-19-20-21-22-23-24-25-26-27-28-30-31-33-35-37-45(49)54-42-43(41-53-40-39-44(47(51)52)48(3,4)5)55-46(50)38-36-34-32-29-17-15-13-11-9-7-2/h11,13,43-44H,6-10,12,14-42H2,1-5H3/p+1/b13-11-. The van der Waals surface area contributed by atoms with Crippen LogP contribution in [0.3, 0.4) is 0 Å². The third-order valence-electron chi connectivity index (χ3n) is 10.6. The fourth-order valence-electron chi connectivity index (χ4n) is 7.04. The number of carbonyl (C=O) groups is 3. The molecule has 0 aliphatic heterocycles. The molecule has 0 aliphatic carbocycles. The lowest BCUT2D eigenvalue weighted by Gasteiger charge is -2.31. The molecule has 0 radical (unpaired) electrons. The topological polar surface area (TPSA) is 99.1 Å². The van der Waals surface area contributed by atoms with Gasteiger partial charge in [0.25, 0.3) is 0 Å². The van der Waals surface area contributed by atoms with Gasteiger partial charge in [0.1, 0.15) is 6.61 Å². The maximum Gasteiger partial charge on any atom is 0.362 e. The lowest BCUT2D eigenvalue weighted by atomic mass is 10.0. The molecule has 55 heavy (non-hydrogen) atoms. The molecular weight excluding hydrogens is 691 g/mol. The van der Waals surface area contributed by atoms with Crippen LogP contribution in [0, 0.1) is 0 Å². The molecule has 2 unspecified atom stereocenters. The molecule has 0 spiro atoms. The van der Waals surface area contributed by atoms with Crippen molar-refractivity contribution in [1.29, 1.82) is 0 Å². The number of quaternary nitrogens is 1. The maximum atomic E-state index is 12.7. The van der Waals surface area contributed by atoms with E-state index in [0.717, 1.165) is 57.8 Å². The van der Waals surface area contributed by atoms with Crippen LogP contribution in [0.15, 0.2) is 12.2 Å².